The van der Waals surface area contributed by atoms with Gasteiger partial charge >= 0.3 is 0 Å². The summed E-state index contributed by atoms with van der Waals surface area (Å²) in [4.78, 5) is 12.3. The van der Waals surface area contributed by atoms with E-state index in [1.54, 1.807) is 4.57 Å². The van der Waals surface area contributed by atoms with Crippen LogP contribution in [0.25, 0.3) is 10.8 Å². The molecule has 0 saturated heterocycles. The lowest BCUT2D eigenvalue weighted by Crippen LogP contribution is -2.26. The smallest absolute Gasteiger partial charge is 0.258 e. The summed E-state index contributed by atoms with van der Waals surface area (Å²) < 4.78 is 1.76. The average molecular weight is 278 g/mol. The van der Waals surface area contributed by atoms with Gasteiger partial charge in [-0.3, -0.25) is 4.79 Å². The fourth-order valence-electron chi connectivity index (χ4n) is 2.43. The first-order valence-corrected chi connectivity index (χ1v) is 7.17. The zero-order valence-corrected chi connectivity index (χ0v) is 11.8. The molecule has 0 radical (unpaired) electrons. The summed E-state index contributed by atoms with van der Waals surface area (Å²) in [5, 5.41) is 5.14. The Morgan fingerprint density at radius 3 is 2.52 bits per heavy atom. The van der Waals surface area contributed by atoms with E-state index < -0.39 is 0 Å². The largest absolute Gasteiger partial charge is 0.314 e. The third-order valence-electron chi connectivity index (χ3n) is 3.59. The molecular formula is C18H18N2O. The highest BCUT2D eigenvalue weighted by molar-refractivity contribution is 5.81. The van der Waals surface area contributed by atoms with Crippen molar-refractivity contribution < 1.29 is 0 Å². The normalized spacial score (nSPS) is 10.9. The van der Waals surface area contributed by atoms with E-state index in [9.17, 15) is 4.79 Å². The maximum absolute atomic E-state index is 12.3. The fourth-order valence-corrected chi connectivity index (χ4v) is 2.43. The molecule has 3 heteroatoms. The van der Waals surface area contributed by atoms with E-state index in [1.165, 1.54) is 5.56 Å². The first-order chi connectivity index (χ1) is 10.3. The second kappa shape index (κ2) is 6.37. The number of nitrogens with zero attached hydrogens (tertiary/aromatic N) is 1. The molecule has 0 spiro atoms. The van der Waals surface area contributed by atoms with E-state index in [0.29, 0.717) is 6.54 Å². The molecule has 0 unspecified atom stereocenters. The topological polar surface area (TPSA) is 34.0 Å². The first kappa shape index (κ1) is 13.6. The van der Waals surface area contributed by atoms with E-state index in [1.807, 2.05) is 54.7 Å². The van der Waals surface area contributed by atoms with Crippen molar-refractivity contribution in [1.82, 2.24) is 9.88 Å². The van der Waals surface area contributed by atoms with Gasteiger partial charge in [-0.15, -0.1) is 0 Å². The predicted molar refractivity (Wildman–Crippen MR) is 86.4 cm³/mol. The van der Waals surface area contributed by atoms with Crippen molar-refractivity contribution >= 4 is 10.8 Å². The van der Waals surface area contributed by atoms with Crippen LogP contribution < -0.4 is 10.9 Å². The summed E-state index contributed by atoms with van der Waals surface area (Å²) in [7, 11) is 0. The lowest BCUT2D eigenvalue weighted by molar-refractivity contribution is 0.588. The van der Waals surface area contributed by atoms with Crippen LogP contribution in [-0.4, -0.2) is 11.1 Å². The van der Waals surface area contributed by atoms with Gasteiger partial charge in [0, 0.05) is 31.2 Å². The average Bonchev–Trinajstić information content (AvgIpc) is 2.55. The summed E-state index contributed by atoms with van der Waals surface area (Å²) in [5.41, 5.74) is 1.33. The van der Waals surface area contributed by atoms with Crippen molar-refractivity contribution in [3.63, 3.8) is 0 Å². The number of nitrogens with one attached hydrogen (secondary N) is 1. The minimum atomic E-state index is 0.0783. The maximum Gasteiger partial charge on any atom is 0.258 e. The van der Waals surface area contributed by atoms with Gasteiger partial charge in [0.15, 0.2) is 0 Å². The molecule has 3 nitrogen and oxygen atoms in total. The molecule has 0 fully saturated rings. The van der Waals surface area contributed by atoms with E-state index in [4.69, 9.17) is 0 Å². The highest BCUT2D eigenvalue weighted by Crippen LogP contribution is 2.07. The molecule has 1 heterocycles. The van der Waals surface area contributed by atoms with Crippen LogP contribution in [-0.2, 0) is 13.1 Å². The number of fused-ring (bicyclic) bond motifs is 1. The molecule has 1 aromatic heterocycles. The van der Waals surface area contributed by atoms with Crippen LogP contribution in [0.5, 0.6) is 0 Å². The van der Waals surface area contributed by atoms with Crippen LogP contribution in [0.2, 0.25) is 0 Å². The summed E-state index contributed by atoms with van der Waals surface area (Å²) in [6.45, 7) is 2.27. The standard InChI is InChI=1S/C18H18N2O/c21-18-17-9-5-4-8-16(17)10-12-20(18)13-11-19-14-15-6-2-1-3-7-15/h1-10,12,19H,11,13-14H2. The van der Waals surface area contributed by atoms with Crippen LogP contribution in [0.3, 0.4) is 0 Å². The maximum atomic E-state index is 12.3. The van der Waals surface area contributed by atoms with Crippen molar-refractivity contribution in [2.24, 2.45) is 0 Å². The van der Waals surface area contributed by atoms with E-state index >= 15 is 0 Å². The highest BCUT2D eigenvalue weighted by Gasteiger charge is 2.01. The number of benzene rings is 2. The van der Waals surface area contributed by atoms with Crippen molar-refractivity contribution in [2.75, 3.05) is 6.54 Å². The van der Waals surface area contributed by atoms with Crippen molar-refractivity contribution in [2.45, 2.75) is 13.1 Å². The second-order valence-electron chi connectivity index (χ2n) is 5.06. The SMILES string of the molecule is O=c1c2ccccc2ccn1CCNCc1ccccc1. The van der Waals surface area contributed by atoms with E-state index in [0.717, 1.165) is 23.9 Å². The molecule has 2 aromatic carbocycles. The Morgan fingerprint density at radius 1 is 0.905 bits per heavy atom. The molecule has 0 atom stereocenters. The lowest BCUT2D eigenvalue weighted by atomic mass is 10.2. The number of aromatic nitrogens is 1. The summed E-state index contributed by atoms with van der Waals surface area (Å²) in [6.07, 6.45) is 1.87. The van der Waals surface area contributed by atoms with Gasteiger partial charge in [0.2, 0.25) is 0 Å². The first-order valence-electron chi connectivity index (χ1n) is 7.17. The third kappa shape index (κ3) is 3.20. The van der Waals surface area contributed by atoms with Crippen molar-refractivity contribution in [3.8, 4) is 0 Å². The number of hydrogen-bond acceptors (Lipinski definition) is 2. The molecule has 1 N–H and O–H groups in total. The highest BCUT2D eigenvalue weighted by atomic mass is 16.1. The Bertz CT molecular complexity index is 778. The van der Waals surface area contributed by atoms with Gasteiger partial charge in [-0.25, -0.2) is 0 Å². The fraction of sp³-hybridized carbons (Fsp3) is 0.167. The Kier molecular flexibility index (Phi) is 4.12. The molecule has 106 valence electrons. The van der Waals surface area contributed by atoms with Crippen molar-refractivity contribution in [1.29, 1.82) is 0 Å². The molecular weight excluding hydrogens is 260 g/mol. The van der Waals surface area contributed by atoms with Crippen LogP contribution in [0, 0.1) is 0 Å². The summed E-state index contributed by atoms with van der Waals surface area (Å²) >= 11 is 0. The molecule has 3 rings (SSSR count). The molecule has 0 aliphatic rings. The number of hydrogen-bond donors (Lipinski definition) is 1. The monoisotopic (exact) mass is 278 g/mol. The Morgan fingerprint density at radius 2 is 1.67 bits per heavy atom. The van der Waals surface area contributed by atoms with Gasteiger partial charge in [0.05, 0.1) is 0 Å². The zero-order valence-electron chi connectivity index (χ0n) is 11.8. The Hall–Kier alpha value is -2.39. The summed E-state index contributed by atoms with van der Waals surface area (Å²) in [6, 6.07) is 20.0. The van der Waals surface area contributed by atoms with Gasteiger partial charge in [-0.1, -0.05) is 48.5 Å². The Balaban J connectivity index is 1.63. The van der Waals surface area contributed by atoms with Crippen LogP contribution in [0.1, 0.15) is 5.56 Å². The van der Waals surface area contributed by atoms with Crippen LogP contribution in [0.4, 0.5) is 0 Å². The third-order valence-corrected chi connectivity index (χ3v) is 3.59. The van der Waals surface area contributed by atoms with E-state index in [2.05, 4.69) is 17.4 Å². The van der Waals surface area contributed by atoms with Gasteiger partial charge < -0.3 is 9.88 Å². The molecule has 3 aromatic rings. The molecule has 0 saturated carbocycles. The van der Waals surface area contributed by atoms with Gasteiger partial charge in [0.1, 0.15) is 0 Å². The predicted octanol–water partition coefficient (Wildman–Crippen LogP) is 2.79. The minimum Gasteiger partial charge on any atom is -0.314 e. The second-order valence-corrected chi connectivity index (χ2v) is 5.06. The van der Waals surface area contributed by atoms with Crippen LogP contribution in [0.15, 0.2) is 71.7 Å². The number of pyridine rings is 1. The van der Waals surface area contributed by atoms with Crippen molar-refractivity contribution in [3.05, 3.63) is 82.8 Å². The summed E-state index contributed by atoms with van der Waals surface area (Å²) in [5.74, 6) is 0. The zero-order chi connectivity index (χ0) is 14.5. The quantitative estimate of drug-likeness (QED) is 0.728. The molecule has 0 amide bonds. The lowest BCUT2D eigenvalue weighted by Gasteiger charge is -2.08. The van der Waals surface area contributed by atoms with Gasteiger partial charge in [-0.2, -0.15) is 0 Å². The Labute approximate surface area is 123 Å². The molecule has 0 aliphatic carbocycles. The molecule has 0 aliphatic heterocycles. The van der Waals surface area contributed by atoms with E-state index in [-0.39, 0.29) is 5.56 Å². The van der Waals surface area contributed by atoms with Crippen LogP contribution >= 0.6 is 0 Å². The van der Waals surface area contributed by atoms with Gasteiger partial charge in [0.25, 0.3) is 5.56 Å². The molecule has 21 heavy (non-hydrogen) atoms. The molecule has 0 bridgehead atoms. The number of rotatable bonds is 5. The minimum absolute atomic E-state index is 0.0783. The van der Waals surface area contributed by atoms with Gasteiger partial charge in [-0.05, 0) is 23.1 Å².